The third-order valence-corrected chi connectivity index (χ3v) is 8.47. The van der Waals surface area contributed by atoms with Crippen LogP contribution >= 0.6 is 12.4 Å². The van der Waals surface area contributed by atoms with Crippen LogP contribution in [0.3, 0.4) is 0 Å². The minimum Gasteiger partial charge on any atom is -0.494 e. The van der Waals surface area contributed by atoms with Gasteiger partial charge in [-0.25, -0.2) is 8.51 Å². The van der Waals surface area contributed by atoms with Gasteiger partial charge in [-0.05, 0) is 50.2 Å². The van der Waals surface area contributed by atoms with Crippen LogP contribution in [0.5, 0.6) is 5.88 Å². The van der Waals surface area contributed by atoms with Gasteiger partial charge in [-0.2, -0.15) is 0 Å². The molecule has 2 fully saturated rings. The molecule has 204 valence electrons. The Morgan fingerprint density at radius 3 is 2.63 bits per heavy atom. The van der Waals surface area contributed by atoms with Crippen molar-refractivity contribution in [3.05, 3.63) is 42.1 Å². The van der Waals surface area contributed by atoms with Crippen molar-refractivity contribution in [2.45, 2.75) is 24.2 Å². The molecule has 12 heteroatoms. The lowest BCUT2D eigenvalue weighted by molar-refractivity contribution is -0.127. The largest absolute Gasteiger partial charge is 0.494 e. The highest BCUT2D eigenvalue weighted by Crippen LogP contribution is 2.36. The number of aromatic hydroxyl groups is 1. The van der Waals surface area contributed by atoms with Gasteiger partial charge in [0, 0.05) is 74.9 Å². The number of nitrogens with zero attached hydrogens (tertiary/aromatic N) is 4. The molecule has 0 radical (unpaired) electrons. The second kappa shape index (κ2) is 12.2. The van der Waals surface area contributed by atoms with Gasteiger partial charge in [0.2, 0.25) is 5.91 Å². The van der Waals surface area contributed by atoms with Crippen molar-refractivity contribution in [3.8, 4) is 17.1 Å². The minimum absolute atomic E-state index is 0. The summed E-state index contributed by atoms with van der Waals surface area (Å²) in [7, 11) is 0.763. The number of halogens is 1. The molecule has 0 spiro atoms. The third kappa shape index (κ3) is 6.01. The Labute approximate surface area is 230 Å². The first-order valence-electron chi connectivity index (χ1n) is 12.6. The SMILES string of the molecule is CN1CCN(S(=O)c2ccc(-c3c(O)[nH]c4ccc(C(=O)NCCCN5CCCC5=O)cc34)nc2)CC1.Cl. The molecule has 2 aliphatic rings. The van der Waals surface area contributed by atoms with Crippen molar-refractivity contribution in [3.63, 3.8) is 0 Å². The van der Waals surface area contributed by atoms with E-state index >= 15 is 0 Å². The van der Waals surface area contributed by atoms with Crippen LogP contribution in [0.15, 0.2) is 41.4 Å². The monoisotopic (exact) mass is 560 g/mol. The van der Waals surface area contributed by atoms with E-state index in [0.29, 0.717) is 58.6 Å². The second-order valence-corrected chi connectivity index (χ2v) is 11.0. The van der Waals surface area contributed by atoms with E-state index in [1.807, 2.05) is 9.21 Å². The van der Waals surface area contributed by atoms with Crippen LogP contribution in [0, 0.1) is 0 Å². The number of amides is 2. The number of likely N-dealkylation sites (tertiary alicyclic amines) is 1. The predicted octanol–water partition coefficient (Wildman–Crippen LogP) is 2.37. The minimum atomic E-state index is -1.29. The maximum atomic E-state index is 13.0. The Bertz CT molecular complexity index is 1320. The van der Waals surface area contributed by atoms with E-state index in [9.17, 15) is 18.9 Å². The Kier molecular flexibility index (Phi) is 9.03. The zero-order chi connectivity index (χ0) is 25.9. The van der Waals surface area contributed by atoms with Crippen molar-refractivity contribution in [2.24, 2.45) is 0 Å². The van der Waals surface area contributed by atoms with Gasteiger partial charge >= 0.3 is 0 Å². The summed E-state index contributed by atoms with van der Waals surface area (Å²) >= 11 is 0. The van der Waals surface area contributed by atoms with Crippen molar-refractivity contribution in [1.82, 2.24) is 29.4 Å². The lowest BCUT2D eigenvalue weighted by Crippen LogP contribution is -2.45. The van der Waals surface area contributed by atoms with Crippen molar-refractivity contribution in [2.75, 3.05) is 52.9 Å². The maximum Gasteiger partial charge on any atom is 0.251 e. The molecule has 3 N–H and O–H groups in total. The molecule has 0 saturated carbocycles. The van der Waals surface area contributed by atoms with Crippen LogP contribution in [0.4, 0.5) is 0 Å². The van der Waals surface area contributed by atoms with E-state index in [-0.39, 0.29) is 30.1 Å². The van der Waals surface area contributed by atoms with E-state index in [4.69, 9.17) is 0 Å². The van der Waals surface area contributed by atoms with Gasteiger partial charge in [0.15, 0.2) is 5.88 Å². The summed E-state index contributed by atoms with van der Waals surface area (Å²) in [6.45, 7) is 5.12. The number of likely N-dealkylation sites (N-methyl/N-ethyl adjacent to an activating group) is 1. The number of hydrogen-bond acceptors (Lipinski definition) is 6. The zero-order valence-corrected chi connectivity index (χ0v) is 22.9. The smallest absolute Gasteiger partial charge is 0.251 e. The first-order valence-corrected chi connectivity index (χ1v) is 13.7. The van der Waals surface area contributed by atoms with Gasteiger partial charge in [-0.3, -0.25) is 14.6 Å². The molecule has 1 unspecified atom stereocenters. The molecule has 5 rings (SSSR count). The highest BCUT2D eigenvalue weighted by atomic mass is 35.5. The maximum absolute atomic E-state index is 13.0. The molecule has 3 aromatic rings. The molecule has 4 heterocycles. The highest BCUT2D eigenvalue weighted by molar-refractivity contribution is 7.82. The normalized spacial score (nSPS) is 17.5. The van der Waals surface area contributed by atoms with Gasteiger partial charge in [0.05, 0.1) is 16.2 Å². The Balaban J connectivity index is 0.00000336. The zero-order valence-electron chi connectivity index (χ0n) is 21.3. The average molecular weight is 561 g/mol. The number of fused-ring (bicyclic) bond motifs is 1. The summed E-state index contributed by atoms with van der Waals surface area (Å²) < 4.78 is 14.9. The van der Waals surface area contributed by atoms with Gasteiger partial charge in [-0.1, -0.05) is 0 Å². The van der Waals surface area contributed by atoms with Gasteiger partial charge in [-0.15, -0.1) is 12.4 Å². The van der Waals surface area contributed by atoms with Crippen LogP contribution in [0.1, 0.15) is 29.6 Å². The number of aromatic nitrogens is 2. The van der Waals surface area contributed by atoms with Crippen LogP contribution in [0.2, 0.25) is 0 Å². The summed E-state index contributed by atoms with van der Waals surface area (Å²) in [5, 5.41) is 14.2. The lowest BCUT2D eigenvalue weighted by atomic mass is 10.1. The number of pyridine rings is 1. The van der Waals surface area contributed by atoms with Crippen LogP contribution in [-0.2, 0) is 15.8 Å². The predicted molar refractivity (Wildman–Crippen MR) is 149 cm³/mol. The van der Waals surface area contributed by atoms with Crippen molar-refractivity contribution in [1.29, 1.82) is 0 Å². The van der Waals surface area contributed by atoms with E-state index in [2.05, 4.69) is 27.2 Å². The Hall–Kier alpha value is -2.99. The second-order valence-electron chi connectivity index (χ2n) is 9.56. The number of benzene rings is 1. The molecular weight excluding hydrogens is 528 g/mol. The molecule has 1 aromatic carbocycles. The summed E-state index contributed by atoms with van der Waals surface area (Å²) in [6, 6.07) is 8.72. The first kappa shape index (κ1) is 28.0. The molecule has 2 saturated heterocycles. The number of aromatic amines is 1. The summed E-state index contributed by atoms with van der Waals surface area (Å²) in [5.74, 6) is -0.0702. The molecule has 10 nitrogen and oxygen atoms in total. The number of nitrogens with one attached hydrogen (secondary N) is 2. The number of carbonyl (C=O) groups is 2. The molecule has 1 atom stereocenters. The van der Waals surface area contributed by atoms with Crippen LogP contribution in [0.25, 0.3) is 22.2 Å². The molecule has 0 bridgehead atoms. The van der Waals surface area contributed by atoms with Crippen LogP contribution in [-0.4, -0.2) is 98.1 Å². The van der Waals surface area contributed by atoms with E-state index < -0.39 is 11.0 Å². The fourth-order valence-corrected chi connectivity index (χ4v) is 5.95. The summed E-state index contributed by atoms with van der Waals surface area (Å²) in [5.41, 5.74) is 2.17. The fourth-order valence-electron chi connectivity index (χ4n) is 4.83. The van der Waals surface area contributed by atoms with E-state index in [0.717, 1.165) is 39.1 Å². The molecule has 2 amide bonds. The van der Waals surface area contributed by atoms with Crippen molar-refractivity contribution >= 4 is 46.1 Å². The molecule has 38 heavy (non-hydrogen) atoms. The molecule has 2 aliphatic heterocycles. The standard InChI is InChI=1S/C26H32N6O4S.ClH/c1-30-12-14-32(15-13-30)37(36)19-6-8-22(28-17-19)24-20-16-18(5-7-21(20)29-26(24)35)25(34)27-9-3-11-31-10-2-4-23(31)33;/h5-8,16-17,29,35H,2-4,9-15H2,1H3,(H,27,34);1H. The summed E-state index contributed by atoms with van der Waals surface area (Å²) in [6.07, 6.45) is 3.80. The van der Waals surface area contributed by atoms with Crippen molar-refractivity contribution < 1.29 is 18.9 Å². The topological polar surface area (TPSA) is 122 Å². The average Bonchev–Trinajstić information content (AvgIpc) is 3.47. The number of hydrogen-bond donors (Lipinski definition) is 3. The molecule has 2 aromatic heterocycles. The van der Waals surface area contributed by atoms with Gasteiger partial charge in [0.25, 0.3) is 5.91 Å². The number of carbonyl (C=O) groups excluding carboxylic acids is 2. The fraction of sp³-hybridized carbons (Fsp3) is 0.423. The van der Waals surface area contributed by atoms with E-state index in [1.54, 1.807) is 36.5 Å². The Morgan fingerprint density at radius 1 is 1.16 bits per heavy atom. The number of H-pyrrole nitrogens is 1. The van der Waals surface area contributed by atoms with Crippen LogP contribution < -0.4 is 5.32 Å². The van der Waals surface area contributed by atoms with E-state index in [1.165, 1.54) is 0 Å². The quantitative estimate of drug-likeness (QED) is 0.364. The highest BCUT2D eigenvalue weighted by Gasteiger charge is 2.22. The molecular formula is C26H33ClN6O4S. The summed E-state index contributed by atoms with van der Waals surface area (Å²) in [4.78, 5) is 36.6. The van der Waals surface area contributed by atoms with Gasteiger partial charge in [0.1, 0.15) is 11.0 Å². The number of piperazine rings is 1. The number of rotatable bonds is 8. The third-order valence-electron chi connectivity index (χ3n) is 6.99. The lowest BCUT2D eigenvalue weighted by Gasteiger charge is -2.31. The first-order chi connectivity index (χ1) is 17.9. The Morgan fingerprint density at radius 2 is 1.95 bits per heavy atom. The van der Waals surface area contributed by atoms with Gasteiger partial charge < -0.3 is 25.2 Å². The molecule has 0 aliphatic carbocycles.